The molecule has 1 aliphatic carbocycles. The van der Waals surface area contributed by atoms with Gasteiger partial charge in [-0.05, 0) is 25.2 Å². The smallest absolute Gasteiger partial charge is 0.316 e. The highest BCUT2D eigenvalue weighted by Crippen LogP contribution is 2.47. The molecule has 3 aliphatic rings. The monoisotopic (exact) mass is 266 g/mol. The lowest BCUT2D eigenvalue weighted by molar-refractivity contribution is -0.174. The topological polar surface area (TPSA) is 86.7 Å². The number of esters is 4. The summed E-state index contributed by atoms with van der Waals surface area (Å²) in [6.45, 7) is 1.70. The quantitative estimate of drug-likeness (QED) is 0.505. The molecule has 19 heavy (non-hydrogen) atoms. The summed E-state index contributed by atoms with van der Waals surface area (Å²) in [4.78, 5) is 46.3. The van der Waals surface area contributed by atoms with Gasteiger partial charge in [0.2, 0.25) is 0 Å². The second-order valence-electron chi connectivity index (χ2n) is 5.66. The molecule has 2 heterocycles. The molecule has 3 fully saturated rings. The molecule has 0 N–H and O–H groups in total. The Morgan fingerprint density at radius 2 is 1.37 bits per heavy atom. The van der Waals surface area contributed by atoms with E-state index < -0.39 is 35.7 Å². The molecule has 0 aromatic heterocycles. The van der Waals surface area contributed by atoms with Gasteiger partial charge in [0.1, 0.15) is 0 Å². The van der Waals surface area contributed by atoms with E-state index in [1.165, 1.54) is 0 Å². The fourth-order valence-corrected chi connectivity index (χ4v) is 3.44. The molecule has 6 nitrogen and oxygen atoms in total. The molecule has 6 heteroatoms. The van der Waals surface area contributed by atoms with Crippen LogP contribution >= 0.6 is 0 Å². The van der Waals surface area contributed by atoms with Crippen LogP contribution in [0.3, 0.4) is 0 Å². The minimum absolute atomic E-state index is 0.244. The van der Waals surface area contributed by atoms with Gasteiger partial charge >= 0.3 is 23.9 Å². The van der Waals surface area contributed by atoms with E-state index in [2.05, 4.69) is 4.74 Å². The van der Waals surface area contributed by atoms with E-state index in [1.54, 1.807) is 6.92 Å². The van der Waals surface area contributed by atoms with Crippen molar-refractivity contribution in [1.82, 2.24) is 0 Å². The summed E-state index contributed by atoms with van der Waals surface area (Å²) in [5.74, 6) is -3.91. The van der Waals surface area contributed by atoms with Crippen LogP contribution in [0, 0.1) is 29.6 Å². The number of carbonyl (C=O) groups excluding carboxylic acids is 4. The SMILES string of the molecule is CC1CC(C2CC3CC2C(=O)OC3=O)C(=O)OC1=O. The predicted molar refractivity (Wildman–Crippen MR) is 59.2 cm³/mol. The number of ether oxygens (including phenoxy) is 2. The molecule has 0 aromatic rings. The zero-order valence-electron chi connectivity index (χ0n) is 10.5. The number of rotatable bonds is 1. The van der Waals surface area contributed by atoms with Crippen LogP contribution < -0.4 is 0 Å². The highest BCUT2D eigenvalue weighted by atomic mass is 16.6. The molecule has 2 bridgehead atoms. The first-order valence-corrected chi connectivity index (χ1v) is 6.48. The van der Waals surface area contributed by atoms with Crippen molar-refractivity contribution < 1.29 is 28.7 Å². The van der Waals surface area contributed by atoms with Crippen molar-refractivity contribution in [2.24, 2.45) is 29.6 Å². The molecule has 2 saturated heterocycles. The second kappa shape index (κ2) is 4.15. The minimum Gasteiger partial charge on any atom is -0.393 e. The summed E-state index contributed by atoms with van der Waals surface area (Å²) in [5, 5.41) is 0. The molecule has 3 rings (SSSR count). The molecule has 0 amide bonds. The first kappa shape index (κ1) is 12.3. The van der Waals surface area contributed by atoms with Crippen molar-refractivity contribution in [3.8, 4) is 0 Å². The normalized spacial score (nSPS) is 42.1. The van der Waals surface area contributed by atoms with Crippen molar-refractivity contribution in [1.29, 1.82) is 0 Å². The summed E-state index contributed by atoms with van der Waals surface area (Å²) in [6, 6.07) is 0. The van der Waals surface area contributed by atoms with Crippen molar-refractivity contribution >= 4 is 23.9 Å². The van der Waals surface area contributed by atoms with Gasteiger partial charge in [0.05, 0.1) is 23.7 Å². The van der Waals surface area contributed by atoms with Crippen LogP contribution in [0.15, 0.2) is 0 Å². The molecule has 1 saturated carbocycles. The van der Waals surface area contributed by atoms with Crippen LogP contribution in [0.2, 0.25) is 0 Å². The lowest BCUT2D eigenvalue weighted by atomic mass is 9.78. The summed E-state index contributed by atoms with van der Waals surface area (Å²) in [7, 11) is 0. The van der Waals surface area contributed by atoms with Crippen molar-refractivity contribution in [3.05, 3.63) is 0 Å². The first-order chi connectivity index (χ1) is 8.97. The van der Waals surface area contributed by atoms with Gasteiger partial charge in [0.15, 0.2) is 0 Å². The number of hydrogen-bond donors (Lipinski definition) is 0. The average molecular weight is 266 g/mol. The molecule has 0 radical (unpaired) electrons. The van der Waals surface area contributed by atoms with Crippen LogP contribution in [-0.4, -0.2) is 23.9 Å². The van der Waals surface area contributed by atoms with Crippen molar-refractivity contribution in [3.63, 3.8) is 0 Å². The fourth-order valence-electron chi connectivity index (χ4n) is 3.44. The summed E-state index contributed by atoms with van der Waals surface area (Å²) < 4.78 is 9.40. The van der Waals surface area contributed by atoms with Gasteiger partial charge in [-0.1, -0.05) is 6.92 Å². The Balaban J connectivity index is 1.83. The zero-order chi connectivity index (χ0) is 13.7. The third-order valence-corrected chi connectivity index (χ3v) is 4.48. The minimum atomic E-state index is -0.569. The third kappa shape index (κ3) is 1.86. The van der Waals surface area contributed by atoms with Crippen LogP contribution in [0.4, 0.5) is 0 Å². The number of cyclic esters (lactones) is 4. The van der Waals surface area contributed by atoms with Gasteiger partial charge < -0.3 is 9.47 Å². The maximum atomic E-state index is 11.8. The molecule has 5 unspecified atom stereocenters. The fraction of sp³-hybridized carbons (Fsp3) is 0.692. The number of fused-ring (bicyclic) bond motifs is 2. The molecule has 0 aromatic carbocycles. The lowest BCUT2D eigenvalue weighted by Gasteiger charge is -2.30. The van der Waals surface area contributed by atoms with Crippen molar-refractivity contribution in [2.45, 2.75) is 26.2 Å². The number of hydrogen-bond acceptors (Lipinski definition) is 6. The van der Waals surface area contributed by atoms with E-state index in [9.17, 15) is 19.2 Å². The summed E-state index contributed by atoms with van der Waals surface area (Å²) in [5.41, 5.74) is 0. The second-order valence-corrected chi connectivity index (χ2v) is 5.66. The van der Waals surface area contributed by atoms with E-state index in [0.29, 0.717) is 19.3 Å². The third-order valence-electron chi connectivity index (χ3n) is 4.48. The van der Waals surface area contributed by atoms with E-state index in [1.807, 2.05) is 0 Å². The number of carbonyl (C=O) groups is 4. The molecule has 2 aliphatic heterocycles. The summed E-state index contributed by atoms with van der Waals surface area (Å²) in [6.07, 6.45) is 1.30. The first-order valence-electron chi connectivity index (χ1n) is 6.48. The van der Waals surface area contributed by atoms with Gasteiger partial charge in [0.25, 0.3) is 0 Å². The Bertz CT molecular complexity index is 482. The zero-order valence-corrected chi connectivity index (χ0v) is 10.5. The van der Waals surface area contributed by atoms with Gasteiger partial charge in [0, 0.05) is 0 Å². The van der Waals surface area contributed by atoms with Gasteiger partial charge in [-0.25, -0.2) is 0 Å². The summed E-state index contributed by atoms with van der Waals surface area (Å²) >= 11 is 0. The van der Waals surface area contributed by atoms with Crippen LogP contribution in [0.25, 0.3) is 0 Å². The van der Waals surface area contributed by atoms with Crippen LogP contribution in [0.5, 0.6) is 0 Å². The van der Waals surface area contributed by atoms with Crippen molar-refractivity contribution in [2.75, 3.05) is 0 Å². The van der Waals surface area contributed by atoms with Crippen LogP contribution in [-0.2, 0) is 28.7 Å². The Morgan fingerprint density at radius 1 is 0.789 bits per heavy atom. The Hall–Kier alpha value is -1.72. The maximum Gasteiger partial charge on any atom is 0.316 e. The van der Waals surface area contributed by atoms with E-state index in [-0.39, 0.29) is 17.8 Å². The molecular formula is C13H14O6. The van der Waals surface area contributed by atoms with Crippen LogP contribution in [0.1, 0.15) is 26.2 Å². The Kier molecular flexibility index (Phi) is 2.69. The predicted octanol–water partition coefficient (Wildman–Crippen LogP) is 0.438. The van der Waals surface area contributed by atoms with E-state index in [0.717, 1.165) is 0 Å². The maximum absolute atomic E-state index is 11.8. The largest absolute Gasteiger partial charge is 0.393 e. The molecule has 102 valence electrons. The Morgan fingerprint density at radius 3 is 2.05 bits per heavy atom. The van der Waals surface area contributed by atoms with Gasteiger partial charge in [-0.2, -0.15) is 0 Å². The lowest BCUT2D eigenvalue weighted by Crippen LogP contribution is -2.40. The average Bonchev–Trinajstić information content (AvgIpc) is 2.73. The van der Waals surface area contributed by atoms with E-state index >= 15 is 0 Å². The van der Waals surface area contributed by atoms with Gasteiger partial charge in [-0.15, -0.1) is 0 Å². The highest BCUT2D eigenvalue weighted by Gasteiger charge is 2.54. The standard InChI is InChI=1S/C13H14O6/c1-5-2-8(12(16)18-10(5)14)7-3-6-4-9(7)13(17)19-11(6)15/h5-9H,2-4H2,1H3. The van der Waals surface area contributed by atoms with Gasteiger partial charge in [-0.3, -0.25) is 19.2 Å². The molecular weight excluding hydrogens is 252 g/mol. The highest BCUT2D eigenvalue weighted by molar-refractivity contribution is 5.94. The molecule has 0 spiro atoms. The van der Waals surface area contributed by atoms with E-state index in [4.69, 9.17) is 4.74 Å². The Labute approximate surface area is 109 Å². The molecule has 5 atom stereocenters.